The van der Waals surface area contributed by atoms with Crippen molar-refractivity contribution in [2.75, 3.05) is 6.54 Å². The van der Waals surface area contributed by atoms with Crippen molar-refractivity contribution in [3.8, 4) is 0 Å². The number of likely N-dealkylation sites (tertiary alicyclic amines) is 1. The van der Waals surface area contributed by atoms with Crippen LogP contribution in [0.5, 0.6) is 0 Å². The Morgan fingerprint density at radius 3 is 2.64 bits per heavy atom. The third kappa shape index (κ3) is 2.45. The minimum absolute atomic E-state index is 0.0396. The lowest BCUT2D eigenvalue weighted by molar-refractivity contribution is -0.138. The molecular formula is C10H20N2O2. The third-order valence-corrected chi connectivity index (χ3v) is 2.78. The van der Waals surface area contributed by atoms with E-state index in [9.17, 15) is 9.90 Å². The zero-order valence-electron chi connectivity index (χ0n) is 8.94. The van der Waals surface area contributed by atoms with Crippen molar-refractivity contribution in [1.82, 2.24) is 4.90 Å². The first-order chi connectivity index (χ1) is 6.54. The second kappa shape index (κ2) is 4.75. The number of nitrogens with zero attached hydrogens (tertiary/aromatic N) is 1. The van der Waals surface area contributed by atoms with Gasteiger partial charge in [0.05, 0.1) is 18.2 Å². The van der Waals surface area contributed by atoms with Gasteiger partial charge in [-0.15, -0.1) is 0 Å². The van der Waals surface area contributed by atoms with Gasteiger partial charge in [0.2, 0.25) is 5.91 Å². The number of aliphatic hydroxyl groups excluding tert-OH is 1. The lowest BCUT2D eigenvalue weighted by Crippen LogP contribution is -2.53. The molecule has 0 spiro atoms. The average molecular weight is 200 g/mol. The molecule has 3 N–H and O–H groups in total. The molecule has 0 saturated carbocycles. The fourth-order valence-electron chi connectivity index (χ4n) is 1.99. The van der Waals surface area contributed by atoms with E-state index in [1.165, 1.54) is 0 Å². The summed E-state index contributed by atoms with van der Waals surface area (Å²) < 4.78 is 0. The molecule has 0 aromatic rings. The molecular weight excluding hydrogens is 180 g/mol. The second-order valence-electron chi connectivity index (χ2n) is 4.12. The normalized spacial score (nSPS) is 27.1. The number of carbonyl (C=O) groups is 1. The Kier molecular flexibility index (Phi) is 3.89. The maximum atomic E-state index is 11.7. The van der Waals surface area contributed by atoms with Crippen LogP contribution in [-0.4, -0.2) is 40.6 Å². The Morgan fingerprint density at radius 2 is 2.14 bits per heavy atom. The second-order valence-corrected chi connectivity index (χ2v) is 4.12. The van der Waals surface area contributed by atoms with E-state index in [0.717, 1.165) is 25.8 Å². The molecule has 1 amide bonds. The molecule has 0 aliphatic carbocycles. The van der Waals surface area contributed by atoms with Crippen molar-refractivity contribution in [1.29, 1.82) is 0 Å². The van der Waals surface area contributed by atoms with Crippen molar-refractivity contribution in [2.24, 2.45) is 5.73 Å². The molecule has 82 valence electrons. The zero-order chi connectivity index (χ0) is 10.7. The standard InChI is InChI=1S/C10H20N2O2/c1-7(11)10(14)12-6-4-3-5-9(12)8(2)13/h7-9,13H,3-6,11H2,1-2H3/t7-,8+,9+/m0/s1. The van der Waals surface area contributed by atoms with Gasteiger partial charge in [-0.05, 0) is 33.1 Å². The number of rotatable bonds is 2. The van der Waals surface area contributed by atoms with Crippen molar-refractivity contribution >= 4 is 5.91 Å². The molecule has 0 aromatic heterocycles. The highest BCUT2D eigenvalue weighted by molar-refractivity contribution is 5.81. The molecule has 0 unspecified atom stereocenters. The van der Waals surface area contributed by atoms with Gasteiger partial charge in [-0.2, -0.15) is 0 Å². The molecule has 4 nitrogen and oxygen atoms in total. The summed E-state index contributed by atoms with van der Waals surface area (Å²) in [4.78, 5) is 13.4. The molecule has 14 heavy (non-hydrogen) atoms. The van der Waals surface area contributed by atoms with E-state index in [0.29, 0.717) is 0 Å². The van der Waals surface area contributed by atoms with Gasteiger partial charge in [0.1, 0.15) is 0 Å². The maximum absolute atomic E-state index is 11.7. The molecule has 1 aliphatic heterocycles. The highest BCUT2D eigenvalue weighted by atomic mass is 16.3. The molecule has 1 saturated heterocycles. The first-order valence-electron chi connectivity index (χ1n) is 5.28. The van der Waals surface area contributed by atoms with Crippen LogP contribution in [0.1, 0.15) is 33.1 Å². The Balaban J connectivity index is 2.67. The summed E-state index contributed by atoms with van der Waals surface area (Å²) in [6.07, 6.45) is 2.52. The zero-order valence-corrected chi connectivity index (χ0v) is 8.94. The van der Waals surface area contributed by atoms with E-state index in [1.54, 1.807) is 18.7 Å². The molecule has 0 aromatic carbocycles. The Bertz CT molecular complexity index is 204. The molecule has 1 fully saturated rings. The summed E-state index contributed by atoms with van der Waals surface area (Å²) in [7, 11) is 0. The topological polar surface area (TPSA) is 66.6 Å². The Hall–Kier alpha value is -0.610. The van der Waals surface area contributed by atoms with Gasteiger partial charge >= 0.3 is 0 Å². The summed E-state index contributed by atoms with van der Waals surface area (Å²) in [5.74, 6) is -0.0457. The number of hydrogen-bond acceptors (Lipinski definition) is 3. The lowest BCUT2D eigenvalue weighted by atomic mass is 9.97. The molecule has 0 radical (unpaired) electrons. The summed E-state index contributed by atoms with van der Waals surface area (Å²) in [6, 6.07) is -0.503. The predicted molar refractivity (Wildman–Crippen MR) is 54.7 cm³/mol. The van der Waals surface area contributed by atoms with Crippen molar-refractivity contribution in [3.05, 3.63) is 0 Å². The average Bonchev–Trinajstić information content (AvgIpc) is 2.16. The van der Waals surface area contributed by atoms with Gasteiger partial charge in [-0.25, -0.2) is 0 Å². The van der Waals surface area contributed by atoms with E-state index in [1.807, 2.05) is 0 Å². The highest BCUT2D eigenvalue weighted by Gasteiger charge is 2.30. The van der Waals surface area contributed by atoms with Gasteiger partial charge < -0.3 is 15.7 Å². The van der Waals surface area contributed by atoms with Crippen LogP contribution in [0.2, 0.25) is 0 Å². The van der Waals surface area contributed by atoms with Crippen LogP contribution >= 0.6 is 0 Å². The van der Waals surface area contributed by atoms with E-state index < -0.39 is 12.1 Å². The van der Waals surface area contributed by atoms with Crippen LogP contribution < -0.4 is 5.73 Å². The van der Waals surface area contributed by atoms with E-state index in [4.69, 9.17) is 5.73 Å². The van der Waals surface area contributed by atoms with Gasteiger partial charge in [0.25, 0.3) is 0 Å². The molecule has 4 heteroatoms. The third-order valence-electron chi connectivity index (χ3n) is 2.78. The van der Waals surface area contributed by atoms with Crippen LogP contribution in [0.4, 0.5) is 0 Å². The molecule has 3 atom stereocenters. The van der Waals surface area contributed by atoms with Gasteiger partial charge in [-0.1, -0.05) is 0 Å². The summed E-state index contributed by atoms with van der Waals surface area (Å²) in [5.41, 5.74) is 5.56. The summed E-state index contributed by atoms with van der Waals surface area (Å²) in [6.45, 7) is 4.16. The summed E-state index contributed by atoms with van der Waals surface area (Å²) in [5, 5.41) is 9.54. The number of piperidine rings is 1. The highest BCUT2D eigenvalue weighted by Crippen LogP contribution is 2.20. The van der Waals surface area contributed by atoms with Crippen LogP contribution in [0.3, 0.4) is 0 Å². The molecule has 1 aliphatic rings. The number of aliphatic hydroxyl groups is 1. The largest absolute Gasteiger partial charge is 0.391 e. The van der Waals surface area contributed by atoms with Gasteiger partial charge in [0, 0.05) is 6.54 Å². The van der Waals surface area contributed by atoms with E-state index >= 15 is 0 Å². The minimum Gasteiger partial charge on any atom is -0.391 e. The quantitative estimate of drug-likeness (QED) is 0.664. The first kappa shape index (κ1) is 11.5. The number of amides is 1. The SMILES string of the molecule is C[C@H](N)C(=O)N1CCCC[C@@H]1[C@@H](C)O. The van der Waals surface area contributed by atoms with Gasteiger partial charge in [0.15, 0.2) is 0 Å². The lowest BCUT2D eigenvalue weighted by Gasteiger charge is -2.38. The molecule has 1 rings (SSSR count). The van der Waals surface area contributed by atoms with E-state index in [-0.39, 0.29) is 11.9 Å². The van der Waals surface area contributed by atoms with Crippen LogP contribution in [0.15, 0.2) is 0 Å². The first-order valence-corrected chi connectivity index (χ1v) is 5.28. The number of carbonyl (C=O) groups excluding carboxylic acids is 1. The van der Waals surface area contributed by atoms with Crippen molar-refractivity contribution < 1.29 is 9.90 Å². The number of hydrogen-bond donors (Lipinski definition) is 2. The maximum Gasteiger partial charge on any atom is 0.239 e. The Morgan fingerprint density at radius 1 is 1.50 bits per heavy atom. The van der Waals surface area contributed by atoms with Crippen LogP contribution in [0.25, 0.3) is 0 Å². The van der Waals surface area contributed by atoms with Crippen LogP contribution in [0, 0.1) is 0 Å². The van der Waals surface area contributed by atoms with Crippen molar-refractivity contribution in [3.63, 3.8) is 0 Å². The van der Waals surface area contributed by atoms with Crippen molar-refractivity contribution in [2.45, 2.75) is 51.3 Å². The molecule has 1 heterocycles. The van der Waals surface area contributed by atoms with Gasteiger partial charge in [-0.3, -0.25) is 4.79 Å². The monoisotopic (exact) mass is 200 g/mol. The van der Waals surface area contributed by atoms with Crippen LogP contribution in [-0.2, 0) is 4.79 Å². The molecule has 0 bridgehead atoms. The summed E-state index contributed by atoms with van der Waals surface area (Å²) >= 11 is 0. The fraction of sp³-hybridized carbons (Fsp3) is 0.900. The van der Waals surface area contributed by atoms with E-state index in [2.05, 4.69) is 0 Å². The predicted octanol–water partition coefficient (Wildman–Crippen LogP) is 0.0955. The Labute approximate surface area is 85.1 Å². The minimum atomic E-state index is -0.464. The smallest absolute Gasteiger partial charge is 0.239 e. The fourth-order valence-corrected chi connectivity index (χ4v) is 1.99. The number of nitrogens with two attached hydrogens (primary N) is 1.